The first-order valence-electron chi connectivity index (χ1n) is 8.53. The van der Waals surface area contributed by atoms with Crippen LogP contribution in [-0.2, 0) is 4.79 Å². The Balaban J connectivity index is 1.42. The molecule has 0 saturated carbocycles. The number of fused-ring (bicyclic) bond motifs is 1. The molecule has 6 heteroatoms. The molecule has 1 aromatic heterocycles. The number of ether oxygens (including phenoxy) is 3. The number of likely N-dealkylation sites (tertiary alicyclic amines) is 1. The number of aromatic nitrogens is 1. The molecule has 6 nitrogen and oxygen atoms in total. The summed E-state index contributed by atoms with van der Waals surface area (Å²) in [6, 6.07) is 9.36. The standard InChI is InChI=1S/C19H20N2O4/c22-19(12-23-15-6-7-17-18(10-15)25-13-24-17)21-9-2-1-5-16(21)14-4-3-8-20-11-14/h3-4,6-8,10-11,16H,1-2,5,9,12-13H2/t16-/m1/s1. The van der Waals surface area contributed by atoms with Crippen LogP contribution >= 0.6 is 0 Å². The summed E-state index contributed by atoms with van der Waals surface area (Å²) in [5, 5.41) is 0. The number of nitrogens with zero attached hydrogens (tertiary/aromatic N) is 2. The summed E-state index contributed by atoms with van der Waals surface area (Å²) in [4.78, 5) is 18.8. The van der Waals surface area contributed by atoms with Gasteiger partial charge in [-0.25, -0.2) is 0 Å². The predicted octanol–water partition coefficient (Wildman–Crippen LogP) is 2.94. The van der Waals surface area contributed by atoms with Crippen molar-refractivity contribution < 1.29 is 19.0 Å². The number of carbonyl (C=O) groups excluding carboxylic acids is 1. The Morgan fingerprint density at radius 3 is 3.04 bits per heavy atom. The van der Waals surface area contributed by atoms with E-state index in [1.807, 2.05) is 23.2 Å². The molecule has 1 aromatic carbocycles. The van der Waals surface area contributed by atoms with Gasteiger partial charge in [-0.1, -0.05) is 6.07 Å². The number of rotatable bonds is 4. The molecular formula is C19H20N2O4. The van der Waals surface area contributed by atoms with Crippen LogP contribution < -0.4 is 14.2 Å². The lowest BCUT2D eigenvalue weighted by Gasteiger charge is -2.35. The summed E-state index contributed by atoms with van der Waals surface area (Å²) in [6.07, 6.45) is 6.69. The van der Waals surface area contributed by atoms with Crippen LogP contribution in [-0.4, -0.2) is 35.7 Å². The maximum absolute atomic E-state index is 12.7. The van der Waals surface area contributed by atoms with Crippen molar-refractivity contribution in [3.63, 3.8) is 0 Å². The van der Waals surface area contributed by atoms with E-state index in [1.54, 1.807) is 24.4 Å². The summed E-state index contributed by atoms with van der Waals surface area (Å²) >= 11 is 0. The maximum Gasteiger partial charge on any atom is 0.261 e. The van der Waals surface area contributed by atoms with E-state index in [0.29, 0.717) is 17.2 Å². The van der Waals surface area contributed by atoms with E-state index >= 15 is 0 Å². The van der Waals surface area contributed by atoms with E-state index in [9.17, 15) is 4.79 Å². The lowest BCUT2D eigenvalue weighted by Crippen LogP contribution is -2.41. The van der Waals surface area contributed by atoms with E-state index in [4.69, 9.17) is 14.2 Å². The Morgan fingerprint density at radius 2 is 2.16 bits per heavy atom. The zero-order valence-corrected chi connectivity index (χ0v) is 13.9. The van der Waals surface area contributed by atoms with Crippen molar-refractivity contribution >= 4 is 5.91 Å². The maximum atomic E-state index is 12.7. The summed E-state index contributed by atoms with van der Waals surface area (Å²) in [6.45, 7) is 0.984. The fourth-order valence-corrected chi connectivity index (χ4v) is 3.34. The molecule has 1 atom stereocenters. The van der Waals surface area contributed by atoms with Gasteiger partial charge in [0.1, 0.15) is 5.75 Å². The van der Waals surface area contributed by atoms with Crippen LogP contribution in [0.4, 0.5) is 0 Å². The number of pyridine rings is 1. The topological polar surface area (TPSA) is 60.9 Å². The molecule has 4 rings (SSSR count). The van der Waals surface area contributed by atoms with Gasteiger partial charge in [0.05, 0.1) is 6.04 Å². The molecule has 0 N–H and O–H groups in total. The molecule has 1 saturated heterocycles. The molecule has 0 bridgehead atoms. The second kappa shape index (κ2) is 7.01. The molecule has 0 unspecified atom stereocenters. The van der Waals surface area contributed by atoms with E-state index in [-0.39, 0.29) is 25.3 Å². The smallest absolute Gasteiger partial charge is 0.261 e. The highest BCUT2D eigenvalue weighted by Crippen LogP contribution is 2.35. The lowest BCUT2D eigenvalue weighted by molar-refractivity contribution is -0.137. The van der Waals surface area contributed by atoms with E-state index in [2.05, 4.69) is 4.98 Å². The fourth-order valence-electron chi connectivity index (χ4n) is 3.34. The van der Waals surface area contributed by atoms with Gasteiger partial charge < -0.3 is 19.1 Å². The third-order valence-electron chi connectivity index (χ3n) is 4.60. The Labute approximate surface area is 146 Å². The quantitative estimate of drug-likeness (QED) is 0.856. The number of hydrogen-bond donors (Lipinski definition) is 0. The molecule has 2 aliphatic rings. The molecule has 1 amide bonds. The van der Waals surface area contributed by atoms with E-state index < -0.39 is 0 Å². The minimum Gasteiger partial charge on any atom is -0.484 e. The molecule has 2 aromatic rings. The van der Waals surface area contributed by atoms with Crippen molar-refractivity contribution in [1.29, 1.82) is 0 Å². The van der Waals surface area contributed by atoms with Crippen LogP contribution in [0.25, 0.3) is 0 Å². The normalized spacial score (nSPS) is 18.9. The summed E-state index contributed by atoms with van der Waals surface area (Å²) in [5.41, 5.74) is 1.08. The highest BCUT2D eigenvalue weighted by atomic mass is 16.7. The molecule has 0 aliphatic carbocycles. The van der Waals surface area contributed by atoms with Gasteiger partial charge in [-0.15, -0.1) is 0 Å². The predicted molar refractivity (Wildman–Crippen MR) is 90.6 cm³/mol. The third-order valence-corrected chi connectivity index (χ3v) is 4.60. The molecule has 2 aliphatic heterocycles. The van der Waals surface area contributed by atoms with Crippen molar-refractivity contribution in [3.05, 3.63) is 48.3 Å². The van der Waals surface area contributed by atoms with Gasteiger partial charge in [-0.3, -0.25) is 9.78 Å². The van der Waals surface area contributed by atoms with Gasteiger partial charge in [-0.05, 0) is 43.0 Å². The first-order chi connectivity index (χ1) is 12.3. The molecule has 0 spiro atoms. The van der Waals surface area contributed by atoms with Crippen molar-refractivity contribution in [2.45, 2.75) is 25.3 Å². The number of benzene rings is 1. The Hall–Kier alpha value is -2.76. The Kier molecular flexibility index (Phi) is 4.41. The summed E-state index contributed by atoms with van der Waals surface area (Å²) in [7, 11) is 0. The average molecular weight is 340 g/mol. The van der Waals surface area contributed by atoms with Crippen LogP contribution in [0.3, 0.4) is 0 Å². The highest BCUT2D eigenvalue weighted by molar-refractivity contribution is 5.78. The molecule has 130 valence electrons. The number of hydrogen-bond acceptors (Lipinski definition) is 5. The first kappa shape index (κ1) is 15.7. The number of piperidine rings is 1. The first-order valence-corrected chi connectivity index (χ1v) is 8.53. The second-order valence-electron chi connectivity index (χ2n) is 6.19. The van der Waals surface area contributed by atoms with Crippen molar-refractivity contribution in [2.24, 2.45) is 0 Å². The van der Waals surface area contributed by atoms with E-state index in [1.165, 1.54) is 0 Å². The molecule has 3 heterocycles. The molecular weight excluding hydrogens is 320 g/mol. The monoisotopic (exact) mass is 340 g/mol. The minimum absolute atomic E-state index is 0.00813. The van der Waals surface area contributed by atoms with Crippen LogP contribution in [0.5, 0.6) is 17.2 Å². The SMILES string of the molecule is O=C(COc1ccc2c(c1)OCO2)N1CCCC[C@@H]1c1cccnc1. The minimum atomic E-state index is -0.00813. The zero-order chi connectivity index (χ0) is 17.1. The van der Waals surface area contributed by atoms with Gasteiger partial charge in [0, 0.05) is 25.0 Å². The molecule has 1 fully saturated rings. The Bertz CT molecular complexity index is 750. The fraction of sp³-hybridized carbons (Fsp3) is 0.368. The molecule has 0 radical (unpaired) electrons. The number of amides is 1. The largest absolute Gasteiger partial charge is 0.484 e. The lowest BCUT2D eigenvalue weighted by atomic mass is 9.96. The van der Waals surface area contributed by atoms with Crippen molar-refractivity contribution in [2.75, 3.05) is 19.9 Å². The van der Waals surface area contributed by atoms with E-state index in [0.717, 1.165) is 31.4 Å². The molecule has 25 heavy (non-hydrogen) atoms. The van der Waals surface area contributed by atoms with Gasteiger partial charge >= 0.3 is 0 Å². The zero-order valence-electron chi connectivity index (χ0n) is 13.9. The van der Waals surface area contributed by atoms with Crippen LogP contribution in [0, 0.1) is 0 Å². The number of carbonyl (C=O) groups is 1. The second-order valence-corrected chi connectivity index (χ2v) is 6.19. The van der Waals surface area contributed by atoms with Gasteiger partial charge in [-0.2, -0.15) is 0 Å². The summed E-state index contributed by atoms with van der Waals surface area (Å²) < 4.78 is 16.3. The van der Waals surface area contributed by atoms with Crippen LogP contribution in [0.15, 0.2) is 42.7 Å². The van der Waals surface area contributed by atoms with Crippen LogP contribution in [0.2, 0.25) is 0 Å². The van der Waals surface area contributed by atoms with Crippen LogP contribution in [0.1, 0.15) is 30.9 Å². The van der Waals surface area contributed by atoms with Gasteiger partial charge in [0.25, 0.3) is 5.91 Å². The highest BCUT2D eigenvalue weighted by Gasteiger charge is 2.28. The van der Waals surface area contributed by atoms with Gasteiger partial charge in [0.15, 0.2) is 18.1 Å². The summed E-state index contributed by atoms with van der Waals surface area (Å²) in [5.74, 6) is 1.95. The average Bonchev–Trinajstić information content (AvgIpc) is 3.14. The van der Waals surface area contributed by atoms with Crippen molar-refractivity contribution in [1.82, 2.24) is 9.88 Å². The third kappa shape index (κ3) is 3.38. The Morgan fingerprint density at radius 1 is 1.24 bits per heavy atom. The van der Waals surface area contributed by atoms with Crippen molar-refractivity contribution in [3.8, 4) is 17.2 Å². The van der Waals surface area contributed by atoms with Gasteiger partial charge in [0.2, 0.25) is 6.79 Å².